The van der Waals surface area contributed by atoms with Crippen molar-refractivity contribution in [3.63, 3.8) is 0 Å². The van der Waals surface area contributed by atoms with Gasteiger partial charge in [-0.2, -0.15) is 0 Å². The van der Waals surface area contributed by atoms with Crippen molar-refractivity contribution in [2.45, 2.75) is 32.1 Å². The van der Waals surface area contributed by atoms with E-state index in [1.54, 1.807) is 67.6 Å². The number of hydrogen-bond acceptors (Lipinski definition) is 7. The normalized spacial score (nSPS) is 28.6. The van der Waals surface area contributed by atoms with E-state index < -0.39 is 35.0 Å². The van der Waals surface area contributed by atoms with Gasteiger partial charge in [0.05, 0.1) is 36.0 Å². The Morgan fingerprint density at radius 3 is 2.35 bits per heavy atom. The third-order valence-electron chi connectivity index (χ3n) is 10.5. The van der Waals surface area contributed by atoms with E-state index in [1.165, 1.54) is 16.9 Å². The van der Waals surface area contributed by atoms with Crippen molar-refractivity contribution in [1.29, 1.82) is 0 Å². The number of carbonyl (C=O) groups excluding carboxylic acids is 4. The number of halogens is 1. The Kier molecular flexibility index (Phi) is 7.31. The van der Waals surface area contributed by atoms with Crippen LogP contribution in [0.15, 0.2) is 82.9 Å². The predicted molar refractivity (Wildman–Crippen MR) is 172 cm³/mol. The molecule has 1 saturated carbocycles. The molecular formula is C36H33BrN2O7. The molecule has 7 rings (SSSR count). The van der Waals surface area contributed by atoms with Crippen LogP contribution in [0.4, 0.5) is 5.69 Å². The van der Waals surface area contributed by atoms with Crippen LogP contribution in [0.25, 0.3) is 0 Å². The first-order chi connectivity index (χ1) is 22.1. The average Bonchev–Trinajstić information content (AvgIpc) is 3.41. The van der Waals surface area contributed by atoms with Gasteiger partial charge in [0.1, 0.15) is 5.75 Å². The van der Waals surface area contributed by atoms with Crippen molar-refractivity contribution >= 4 is 45.2 Å². The molecule has 3 fully saturated rings. The maximum absolute atomic E-state index is 14.5. The fourth-order valence-electron chi connectivity index (χ4n) is 8.34. The highest BCUT2D eigenvalue weighted by atomic mass is 79.9. The lowest BCUT2D eigenvalue weighted by Gasteiger charge is -2.49. The summed E-state index contributed by atoms with van der Waals surface area (Å²) in [7, 11) is 1.45. The van der Waals surface area contributed by atoms with E-state index in [9.17, 15) is 29.4 Å². The summed E-state index contributed by atoms with van der Waals surface area (Å²) in [5.41, 5.74) is 1.27. The van der Waals surface area contributed by atoms with Crippen LogP contribution in [-0.2, 0) is 25.6 Å². The van der Waals surface area contributed by atoms with Gasteiger partial charge in [-0.05, 0) is 74.1 Å². The second-order valence-electron chi connectivity index (χ2n) is 12.8. The fourth-order valence-corrected chi connectivity index (χ4v) is 8.80. The molecule has 6 unspecified atom stereocenters. The minimum atomic E-state index is -1.28. The largest absolute Gasteiger partial charge is 0.508 e. The fraction of sp³-hybridized carbons (Fsp3) is 0.333. The summed E-state index contributed by atoms with van der Waals surface area (Å²) in [4.78, 5) is 59.2. The molecule has 236 valence electrons. The van der Waals surface area contributed by atoms with E-state index >= 15 is 0 Å². The minimum Gasteiger partial charge on any atom is -0.508 e. The van der Waals surface area contributed by atoms with E-state index in [0.717, 1.165) is 11.1 Å². The van der Waals surface area contributed by atoms with Crippen LogP contribution in [0.1, 0.15) is 36.8 Å². The predicted octanol–water partition coefficient (Wildman–Crippen LogP) is 5.34. The van der Waals surface area contributed by atoms with Crippen LogP contribution in [0.3, 0.4) is 0 Å². The molecule has 10 heteroatoms. The van der Waals surface area contributed by atoms with Crippen molar-refractivity contribution in [3.05, 3.63) is 94.0 Å². The zero-order valence-corrected chi connectivity index (χ0v) is 26.9. The number of carbonyl (C=O) groups is 4. The highest BCUT2D eigenvalue weighted by molar-refractivity contribution is 9.10. The van der Waals surface area contributed by atoms with Crippen molar-refractivity contribution in [2.75, 3.05) is 18.6 Å². The molecule has 46 heavy (non-hydrogen) atoms. The molecule has 0 radical (unpaired) electrons. The highest BCUT2D eigenvalue weighted by Crippen LogP contribution is 2.65. The first-order valence-corrected chi connectivity index (χ1v) is 16.2. The summed E-state index contributed by atoms with van der Waals surface area (Å²) in [5, 5.41) is 21.2. The third-order valence-corrected chi connectivity index (χ3v) is 11.0. The van der Waals surface area contributed by atoms with Gasteiger partial charge in [-0.3, -0.25) is 24.1 Å². The lowest BCUT2D eigenvalue weighted by atomic mass is 9.51. The van der Waals surface area contributed by atoms with E-state index in [4.69, 9.17) is 4.74 Å². The summed E-state index contributed by atoms with van der Waals surface area (Å²) in [5.74, 6) is -4.35. The Bertz CT molecular complexity index is 1810. The van der Waals surface area contributed by atoms with Crippen LogP contribution in [0, 0.1) is 29.1 Å². The Morgan fingerprint density at radius 2 is 1.65 bits per heavy atom. The Hall–Kier alpha value is -4.44. The monoisotopic (exact) mass is 684 g/mol. The number of para-hydroxylation sites is 1. The Balaban J connectivity index is 1.32. The van der Waals surface area contributed by atoms with Crippen molar-refractivity contribution in [1.82, 2.24) is 4.90 Å². The van der Waals surface area contributed by atoms with Crippen LogP contribution >= 0.6 is 15.9 Å². The molecule has 3 aromatic rings. The molecule has 6 atom stereocenters. The molecule has 2 heterocycles. The molecule has 4 amide bonds. The van der Waals surface area contributed by atoms with Gasteiger partial charge in [0.25, 0.3) is 0 Å². The van der Waals surface area contributed by atoms with Crippen LogP contribution in [-0.4, -0.2) is 52.4 Å². The van der Waals surface area contributed by atoms with Gasteiger partial charge in [-0.1, -0.05) is 57.9 Å². The summed E-state index contributed by atoms with van der Waals surface area (Å²) >= 11 is 3.53. The molecule has 4 aliphatic rings. The van der Waals surface area contributed by atoms with Gasteiger partial charge < -0.3 is 14.9 Å². The van der Waals surface area contributed by atoms with E-state index in [1.807, 2.05) is 12.1 Å². The number of allylic oxidation sites excluding steroid dienone is 2. The molecule has 2 N–H and O–H groups in total. The van der Waals surface area contributed by atoms with Crippen molar-refractivity contribution in [3.8, 4) is 17.2 Å². The first kappa shape index (κ1) is 30.2. The maximum atomic E-state index is 14.5. The second kappa shape index (κ2) is 11.1. The van der Waals surface area contributed by atoms with Gasteiger partial charge in [0.15, 0.2) is 11.5 Å². The van der Waals surface area contributed by atoms with Crippen LogP contribution in [0.5, 0.6) is 17.2 Å². The molecule has 2 saturated heterocycles. The van der Waals surface area contributed by atoms with Gasteiger partial charge in [-0.15, -0.1) is 0 Å². The second-order valence-corrected chi connectivity index (χ2v) is 13.7. The summed E-state index contributed by atoms with van der Waals surface area (Å²) in [6.45, 7) is 1.98. The van der Waals surface area contributed by atoms with Crippen molar-refractivity contribution in [2.24, 2.45) is 29.1 Å². The Morgan fingerprint density at radius 1 is 0.935 bits per heavy atom. The third kappa shape index (κ3) is 4.40. The molecule has 2 aliphatic carbocycles. The molecule has 0 spiro atoms. The number of amides is 4. The number of ether oxygens (including phenoxy) is 1. The molecule has 3 aromatic carbocycles. The number of imide groups is 2. The smallest absolute Gasteiger partial charge is 0.241 e. The van der Waals surface area contributed by atoms with E-state index in [-0.39, 0.29) is 53.8 Å². The van der Waals surface area contributed by atoms with Crippen LogP contribution < -0.4 is 9.64 Å². The number of likely N-dealkylation sites (tertiary alicyclic amines) is 1. The highest BCUT2D eigenvalue weighted by Gasteiger charge is 2.68. The lowest BCUT2D eigenvalue weighted by molar-refractivity contribution is -0.140. The Labute approximate surface area is 274 Å². The first-order valence-electron chi connectivity index (χ1n) is 15.4. The number of anilines is 1. The number of rotatable bonds is 6. The summed E-state index contributed by atoms with van der Waals surface area (Å²) in [6.07, 6.45) is 2.94. The standard InChI is InChI=1S/C36H33BrN2O7/c1-36-27(33(43)39(35(36)45)21-6-4-3-5-7-21)18-25-23(30(36)26-16-20(37)17-28(46-2)31(26)41)12-13-24-29(25)34(44)38(32(24)42)15-14-19-8-10-22(40)11-9-19/h3-12,16-17,24-25,27,29-30,40-41H,13-15,18H2,1-2H3. The van der Waals surface area contributed by atoms with Crippen molar-refractivity contribution < 1.29 is 34.1 Å². The number of phenolic OH excluding ortho intramolecular Hbond substituents is 2. The number of hydrogen-bond donors (Lipinski definition) is 2. The average molecular weight is 686 g/mol. The number of nitrogens with zero attached hydrogens (tertiary/aromatic N) is 2. The molecule has 0 aromatic heterocycles. The maximum Gasteiger partial charge on any atom is 0.241 e. The number of aromatic hydroxyl groups is 2. The summed E-state index contributed by atoms with van der Waals surface area (Å²) < 4.78 is 6.10. The SMILES string of the molecule is COc1cc(Br)cc(C2C3=CCC4C(=O)N(CCc5ccc(O)cc5)C(=O)C4C3CC3C(=O)N(c4ccccc4)C(=O)C32C)c1O. The number of phenols is 2. The molecule has 9 nitrogen and oxygen atoms in total. The molecule has 0 bridgehead atoms. The van der Waals surface area contributed by atoms with E-state index in [2.05, 4.69) is 15.9 Å². The zero-order chi connectivity index (χ0) is 32.5. The topological polar surface area (TPSA) is 124 Å². The number of benzene rings is 3. The van der Waals surface area contributed by atoms with Gasteiger partial charge >= 0.3 is 0 Å². The summed E-state index contributed by atoms with van der Waals surface area (Å²) in [6, 6.07) is 18.8. The minimum absolute atomic E-state index is 0.137. The van der Waals surface area contributed by atoms with Gasteiger partial charge in [-0.25, -0.2) is 4.90 Å². The van der Waals surface area contributed by atoms with Gasteiger partial charge in [0.2, 0.25) is 23.6 Å². The molecular weight excluding hydrogens is 652 g/mol. The quantitative estimate of drug-likeness (QED) is 0.265. The van der Waals surface area contributed by atoms with Crippen LogP contribution in [0.2, 0.25) is 0 Å². The number of methoxy groups -OCH3 is 1. The van der Waals surface area contributed by atoms with E-state index in [0.29, 0.717) is 28.6 Å². The zero-order valence-electron chi connectivity index (χ0n) is 25.4. The molecule has 2 aliphatic heterocycles. The number of fused-ring (bicyclic) bond motifs is 4. The lowest BCUT2D eigenvalue weighted by Crippen LogP contribution is -2.49. The van der Waals surface area contributed by atoms with Gasteiger partial charge in [0, 0.05) is 22.5 Å².